The molecule has 0 aliphatic carbocycles. The molecule has 21 heavy (non-hydrogen) atoms. The van der Waals surface area contributed by atoms with Gasteiger partial charge in [-0.2, -0.15) is 5.10 Å². The zero-order valence-corrected chi connectivity index (χ0v) is 12.5. The summed E-state index contributed by atoms with van der Waals surface area (Å²) in [4.78, 5) is 11.3. The predicted molar refractivity (Wildman–Crippen MR) is 83.5 cm³/mol. The van der Waals surface area contributed by atoms with Crippen molar-refractivity contribution in [3.63, 3.8) is 0 Å². The van der Waals surface area contributed by atoms with E-state index in [9.17, 15) is 4.79 Å². The number of ether oxygens (including phenoxy) is 1. The van der Waals surface area contributed by atoms with E-state index in [0.29, 0.717) is 30.2 Å². The average molecular weight is 287 g/mol. The van der Waals surface area contributed by atoms with Crippen molar-refractivity contribution in [2.75, 3.05) is 12.3 Å². The van der Waals surface area contributed by atoms with Crippen LogP contribution in [-0.2, 0) is 6.54 Å². The molecule has 5 heteroatoms. The Hall–Kier alpha value is -2.30. The van der Waals surface area contributed by atoms with Gasteiger partial charge in [0.05, 0.1) is 12.2 Å². The van der Waals surface area contributed by atoms with Gasteiger partial charge >= 0.3 is 0 Å². The van der Waals surface area contributed by atoms with Gasteiger partial charge < -0.3 is 10.5 Å². The minimum Gasteiger partial charge on any atom is -0.494 e. The molecule has 112 valence electrons. The van der Waals surface area contributed by atoms with Gasteiger partial charge in [0, 0.05) is 12.1 Å². The topological polar surface area (TPSA) is 70.1 Å². The highest BCUT2D eigenvalue weighted by atomic mass is 16.5. The van der Waals surface area contributed by atoms with Crippen LogP contribution in [-0.4, -0.2) is 22.7 Å². The number of hydrogen-bond donors (Lipinski definition) is 1. The van der Waals surface area contributed by atoms with Crippen molar-refractivity contribution in [1.82, 2.24) is 9.78 Å². The van der Waals surface area contributed by atoms with Crippen LogP contribution in [0.3, 0.4) is 0 Å². The highest BCUT2D eigenvalue weighted by Gasteiger charge is 2.16. The molecule has 1 heterocycles. The van der Waals surface area contributed by atoms with Crippen LogP contribution in [0.1, 0.15) is 37.0 Å². The van der Waals surface area contributed by atoms with Crippen molar-refractivity contribution < 1.29 is 9.53 Å². The van der Waals surface area contributed by atoms with E-state index in [1.165, 1.54) is 0 Å². The number of nitrogens with two attached hydrogens (primary N) is 1. The van der Waals surface area contributed by atoms with Crippen molar-refractivity contribution in [2.24, 2.45) is 0 Å². The van der Waals surface area contributed by atoms with E-state index in [2.05, 4.69) is 12.0 Å². The molecular weight excluding hydrogens is 266 g/mol. The van der Waals surface area contributed by atoms with Crippen LogP contribution in [0, 0.1) is 0 Å². The molecule has 0 aliphatic heterocycles. The van der Waals surface area contributed by atoms with Crippen LogP contribution in [0.2, 0.25) is 0 Å². The van der Waals surface area contributed by atoms with Gasteiger partial charge in [-0.25, -0.2) is 4.68 Å². The number of aryl methyl sites for hydroxylation is 1. The van der Waals surface area contributed by atoms with E-state index < -0.39 is 0 Å². The van der Waals surface area contributed by atoms with E-state index in [-0.39, 0.29) is 0 Å². The number of carbonyl (C=O) groups excluding carboxylic acids is 1. The lowest BCUT2D eigenvalue weighted by atomic mass is 10.1. The first-order valence-corrected chi connectivity index (χ1v) is 7.25. The Bertz CT molecular complexity index is 603. The van der Waals surface area contributed by atoms with Crippen molar-refractivity contribution >= 4 is 12.1 Å². The number of benzene rings is 1. The Balaban J connectivity index is 2.32. The molecule has 2 N–H and O–H groups in total. The predicted octanol–water partition coefficient (Wildman–Crippen LogP) is 3.14. The van der Waals surface area contributed by atoms with Crippen molar-refractivity contribution in [3.8, 4) is 17.0 Å². The number of anilines is 1. The second-order valence-corrected chi connectivity index (χ2v) is 4.86. The molecule has 1 aromatic carbocycles. The smallest absolute Gasteiger partial charge is 0.156 e. The fourth-order valence-electron chi connectivity index (χ4n) is 2.13. The molecule has 0 atom stereocenters. The molecule has 0 radical (unpaired) electrons. The second kappa shape index (κ2) is 6.92. The van der Waals surface area contributed by atoms with Gasteiger partial charge in [-0.15, -0.1) is 0 Å². The summed E-state index contributed by atoms with van der Waals surface area (Å²) in [5.74, 6) is 1.24. The number of aldehydes is 1. The highest BCUT2D eigenvalue weighted by Crippen LogP contribution is 2.27. The summed E-state index contributed by atoms with van der Waals surface area (Å²) < 4.78 is 7.23. The normalized spacial score (nSPS) is 10.6. The first kappa shape index (κ1) is 15.1. The number of hydrogen-bond acceptors (Lipinski definition) is 4. The van der Waals surface area contributed by atoms with Crippen LogP contribution in [0.15, 0.2) is 24.3 Å². The number of rotatable bonds is 7. The van der Waals surface area contributed by atoms with Crippen LogP contribution >= 0.6 is 0 Å². The number of nitrogen functional groups attached to an aromatic ring is 1. The molecule has 5 nitrogen and oxygen atoms in total. The molecule has 2 rings (SSSR count). The maximum atomic E-state index is 11.3. The first-order chi connectivity index (χ1) is 10.2. The summed E-state index contributed by atoms with van der Waals surface area (Å²) >= 11 is 0. The third-order valence-corrected chi connectivity index (χ3v) is 3.18. The van der Waals surface area contributed by atoms with Crippen LogP contribution in [0.4, 0.5) is 5.82 Å². The van der Waals surface area contributed by atoms with Gasteiger partial charge in [0.2, 0.25) is 0 Å². The van der Waals surface area contributed by atoms with Crippen molar-refractivity contribution in [1.29, 1.82) is 0 Å². The van der Waals surface area contributed by atoms with Gasteiger partial charge in [-0.1, -0.05) is 13.8 Å². The summed E-state index contributed by atoms with van der Waals surface area (Å²) in [6.07, 6.45) is 2.65. The minimum absolute atomic E-state index is 0.424. The van der Waals surface area contributed by atoms with Gasteiger partial charge in [0.1, 0.15) is 17.3 Å². The average Bonchev–Trinajstić information content (AvgIpc) is 2.82. The Labute approximate surface area is 124 Å². The molecule has 0 unspecified atom stereocenters. The molecule has 0 bridgehead atoms. The zero-order valence-electron chi connectivity index (χ0n) is 12.5. The Morgan fingerprint density at radius 1 is 1.24 bits per heavy atom. The monoisotopic (exact) mass is 287 g/mol. The maximum Gasteiger partial charge on any atom is 0.156 e. The quantitative estimate of drug-likeness (QED) is 0.794. The third-order valence-electron chi connectivity index (χ3n) is 3.18. The summed E-state index contributed by atoms with van der Waals surface area (Å²) in [7, 11) is 0. The van der Waals surface area contributed by atoms with Crippen LogP contribution < -0.4 is 10.5 Å². The second-order valence-electron chi connectivity index (χ2n) is 4.86. The number of carbonyl (C=O) groups is 1. The lowest BCUT2D eigenvalue weighted by Gasteiger charge is -2.05. The molecule has 1 aromatic heterocycles. The zero-order chi connectivity index (χ0) is 15.2. The molecule has 0 amide bonds. The highest BCUT2D eigenvalue weighted by molar-refractivity contribution is 5.91. The van der Waals surface area contributed by atoms with Gasteiger partial charge in [-0.3, -0.25) is 4.79 Å². The Morgan fingerprint density at radius 3 is 2.52 bits per heavy atom. The van der Waals surface area contributed by atoms with Crippen LogP contribution in [0.5, 0.6) is 5.75 Å². The number of aromatic nitrogens is 2. The van der Waals surface area contributed by atoms with Crippen LogP contribution in [0.25, 0.3) is 11.3 Å². The molecule has 0 spiro atoms. The summed E-state index contributed by atoms with van der Waals surface area (Å²) in [6.45, 7) is 5.50. The van der Waals surface area contributed by atoms with E-state index in [1.807, 2.05) is 31.2 Å². The maximum absolute atomic E-state index is 11.3. The lowest BCUT2D eigenvalue weighted by Crippen LogP contribution is -2.04. The minimum atomic E-state index is 0.424. The first-order valence-electron chi connectivity index (χ1n) is 7.25. The molecule has 0 fully saturated rings. The lowest BCUT2D eigenvalue weighted by molar-refractivity contribution is 0.112. The summed E-state index contributed by atoms with van der Waals surface area (Å²) in [6, 6.07) is 7.56. The van der Waals surface area contributed by atoms with Gasteiger partial charge in [0.15, 0.2) is 6.29 Å². The SMILES string of the molecule is CCCOc1ccc(-c2nn(CCC)c(N)c2C=O)cc1. The fraction of sp³-hybridized carbons (Fsp3) is 0.375. The van der Waals surface area contributed by atoms with E-state index in [4.69, 9.17) is 10.5 Å². The molecule has 0 aliphatic rings. The number of nitrogens with zero attached hydrogens (tertiary/aromatic N) is 2. The van der Waals surface area contributed by atoms with E-state index >= 15 is 0 Å². The third kappa shape index (κ3) is 3.24. The van der Waals surface area contributed by atoms with Gasteiger partial charge in [0.25, 0.3) is 0 Å². The Morgan fingerprint density at radius 2 is 1.95 bits per heavy atom. The van der Waals surface area contributed by atoms with E-state index in [1.54, 1.807) is 4.68 Å². The largest absolute Gasteiger partial charge is 0.494 e. The summed E-state index contributed by atoms with van der Waals surface area (Å²) in [5, 5.41) is 4.45. The standard InChI is InChI=1S/C16H21N3O2/c1-3-9-19-16(17)14(11-20)15(18-19)12-5-7-13(8-6-12)21-10-4-2/h5-8,11H,3-4,9-10,17H2,1-2H3. The van der Waals surface area contributed by atoms with Gasteiger partial charge in [-0.05, 0) is 37.1 Å². The van der Waals surface area contributed by atoms with Crippen molar-refractivity contribution in [2.45, 2.75) is 33.2 Å². The van der Waals surface area contributed by atoms with Crippen molar-refractivity contribution in [3.05, 3.63) is 29.8 Å². The molecular formula is C16H21N3O2. The van der Waals surface area contributed by atoms with E-state index in [0.717, 1.165) is 30.4 Å². The molecule has 0 saturated carbocycles. The Kier molecular flexibility index (Phi) is 4.98. The fourth-order valence-corrected chi connectivity index (χ4v) is 2.13. The molecule has 2 aromatic rings. The molecule has 0 saturated heterocycles. The summed E-state index contributed by atoms with van der Waals surface area (Å²) in [5.41, 5.74) is 7.91.